The van der Waals surface area contributed by atoms with Gasteiger partial charge < -0.3 is 0 Å². The van der Waals surface area contributed by atoms with Crippen molar-refractivity contribution >= 4 is 44.5 Å². The van der Waals surface area contributed by atoms with Crippen LogP contribution in [0.2, 0.25) is 0 Å². The third-order valence-electron chi connectivity index (χ3n) is 4.07. The maximum absolute atomic E-state index is 11.7. The SMILES string of the molecule is O=Cc1c(-c2nc3ccc(C(=O)NO)cc3s2)ccc2ccccc12. The molecule has 122 valence electrons. The van der Waals surface area contributed by atoms with Crippen LogP contribution >= 0.6 is 11.3 Å². The molecule has 0 saturated heterocycles. The van der Waals surface area contributed by atoms with Gasteiger partial charge in [-0.25, -0.2) is 10.5 Å². The van der Waals surface area contributed by atoms with Crippen molar-refractivity contribution in [3.05, 3.63) is 65.7 Å². The molecule has 25 heavy (non-hydrogen) atoms. The maximum atomic E-state index is 11.7. The number of hydrogen-bond acceptors (Lipinski definition) is 5. The van der Waals surface area contributed by atoms with Crippen molar-refractivity contribution in [2.75, 3.05) is 0 Å². The van der Waals surface area contributed by atoms with E-state index in [0.717, 1.165) is 32.8 Å². The zero-order valence-corrected chi connectivity index (χ0v) is 13.7. The first-order chi connectivity index (χ1) is 12.2. The molecule has 4 rings (SSSR count). The first-order valence-corrected chi connectivity index (χ1v) is 8.35. The molecule has 1 aromatic heterocycles. The van der Waals surface area contributed by atoms with Crippen LogP contribution in [-0.2, 0) is 0 Å². The van der Waals surface area contributed by atoms with Crippen molar-refractivity contribution in [1.82, 2.24) is 10.5 Å². The average molecular weight is 348 g/mol. The molecule has 0 unspecified atom stereocenters. The van der Waals surface area contributed by atoms with Crippen LogP contribution in [0, 0.1) is 0 Å². The van der Waals surface area contributed by atoms with Crippen LogP contribution in [0.5, 0.6) is 0 Å². The van der Waals surface area contributed by atoms with Crippen LogP contribution in [0.15, 0.2) is 54.6 Å². The van der Waals surface area contributed by atoms with Crippen LogP contribution in [0.1, 0.15) is 20.7 Å². The van der Waals surface area contributed by atoms with Gasteiger partial charge in [-0.15, -0.1) is 11.3 Å². The lowest BCUT2D eigenvalue weighted by atomic mass is 10.0. The van der Waals surface area contributed by atoms with E-state index in [1.54, 1.807) is 23.7 Å². The number of amides is 1. The second-order valence-corrected chi connectivity index (χ2v) is 6.54. The second kappa shape index (κ2) is 6.08. The van der Waals surface area contributed by atoms with Crippen LogP contribution < -0.4 is 5.48 Å². The predicted molar refractivity (Wildman–Crippen MR) is 97.2 cm³/mol. The molecule has 0 saturated carbocycles. The molecule has 3 aromatic carbocycles. The number of fused-ring (bicyclic) bond motifs is 2. The van der Waals surface area contributed by atoms with Crippen LogP contribution in [0.25, 0.3) is 31.6 Å². The molecular formula is C19H12N2O3S. The second-order valence-electron chi connectivity index (χ2n) is 5.51. The van der Waals surface area contributed by atoms with Gasteiger partial charge in [-0.3, -0.25) is 14.8 Å². The Labute approximate surface area is 146 Å². The fourth-order valence-corrected chi connectivity index (χ4v) is 3.90. The number of rotatable bonds is 3. The number of thiazole rings is 1. The van der Waals surface area contributed by atoms with E-state index in [-0.39, 0.29) is 0 Å². The molecule has 0 spiro atoms. The molecule has 1 amide bonds. The number of nitrogens with zero attached hydrogens (tertiary/aromatic N) is 1. The predicted octanol–water partition coefficient (Wildman–Crippen LogP) is 4.05. The van der Waals surface area contributed by atoms with Crippen molar-refractivity contribution in [2.45, 2.75) is 0 Å². The summed E-state index contributed by atoms with van der Waals surface area (Å²) < 4.78 is 0.807. The molecule has 2 N–H and O–H groups in total. The monoisotopic (exact) mass is 348 g/mol. The van der Waals surface area contributed by atoms with Crippen molar-refractivity contribution < 1.29 is 14.8 Å². The van der Waals surface area contributed by atoms with Gasteiger partial charge in [0.25, 0.3) is 5.91 Å². The van der Waals surface area contributed by atoms with E-state index < -0.39 is 5.91 Å². The van der Waals surface area contributed by atoms with E-state index in [0.29, 0.717) is 16.1 Å². The minimum absolute atomic E-state index is 0.347. The number of benzene rings is 3. The van der Waals surface area contributed by atoms with Gasteiger partial charge in [-0.05, 0) is 29.0 Å². The summed E-state index contributed by atoms with van der Waals surface area (Å²) in [7, 11) is 0. The van der Waals surface area contributed by atoms with Crippen LogP contribution in [0.3, 0.4) is 0 Å². The standard InChI is InChI=1S/C19H12N2O3S/c22-10-15-13-4-2-1-3-11(13)5-7-14(15)19-20-16-8-6-12(18(23)21-24)9-17(16)25-19/h1-10,24H,(H,21,23). The van der Waals surface area contributed by atoms with Crippen LogP contribution in [0.4, 0.5) is 0 Å². The molecule has 0 aliphatic rings. The Hall–Kier alpha value is -3.09. The fraction of sp³-hybridized carbons (Fsp3) is 0. The summed E-state index contributed by atoms with van der Waals surface area (Å²) in [5, 5.41) is 11.4. The summed E-state index contributed by atoms with van der Waals surface area (Å²) in [5.41, 5.74) is 4.07. The van der Waals surface area contributed by atoms with Gasteiger partial charge in [0.15, 0.2) is 6.29 Å². The summed E-state index contributed by atoms with van der Waals surface area (Å²) in [4.78, 5) is 27.9. The summed E-state index contributed by atoms with van der Waals surface area (Å²) in [6.07, 6.45) is 0.856. The minimum Gasteiger partial charge on any atom is -0.298 e. The van der Waals surface area contributed by atoms with Crippen molar-refractivity contribution in [3.8, 4) is 10.6 Å². The van der Waals surface area contributed by atoms with E-state index in [1.165, 1.54) is 11.3 Å². The van der Waals surface area contributed by atoms with Crippen molar-refractivity contribution in [1.29, 1.82) is 0 Å². The molecule has 0 aliphatic heterocycles. The number of hydroxylamine groups is 1. The Kier molecular flexibility index (Phi) is 3.76. The number of hydrogen-bond donors (Lipinski definition) is 2. The van der Waals surface area contributed by atoms with Gasteiger partial charge in [0.05, 0.1) is 10.2 Å². The molecule has 0 atom stereocenters. The van der Waals surface area contributed by atoms with Gasteiger partial charge in [-0.2, -0.15) is 0 Å². The average Bonchev–Trinajstić information content (AvgIpc) is 3.09. The van der Waals surface area contributed by atoms with Gasteiger partial charge in [0.1, 0.15) is 5.01 Å². The van der Waals surface area contributed by atoms with E-state index >= 15 is 0 Å². The Morgan fingerprint density at radius 1 is 1.12 bits per heavy atom. The van der Waals surface area contributed by atoms with Gasteiger partial charge in [-0.1, -0.05) is 36.4 Å². The number of carbonyl (C=O) groups is 2. The van der Waals surface area contributed by atoms with Gasteiger partial charge in [0.2, 0.25) is 0 Å². The largest absolute Gasteiger partial charge is 0.298 e. The molecule has 5 nitrogen and oxygen atoms in total. The highest BCUT2D eigenvalue weighted by Gasteiger charge is 2.14. The number of aromatic nitrogens is 1. The Bertz CT molecular complexity index is 1130. The van der Waals surface area contributed by atoms with Crippen molar-refractivity contribution in [2.24, 2.45) is 0 Å². The summed E-state index contributed by atoms with van der Waals surface area (Å²) in [5.74, 6) is -0.573. The highest BCUT2D eigenvalue weighted by molar-refractivity contribution is 7.21. The minimum atomic E-state index is -0.573. The van der Waals surface area contributed by atoms with E-state index in [1.807, 2.05) is 36.4 Å². The lowest BCUT2D eigenvalue weighted by Crippen LogP contribution is -2.18. The fourth-order valence-electron chi connectivity index (χ4n) is 2.85. The highest BCUT2D eigenvalue weighted by Crippen LogP contribution is 2.35. The Balaban J connectivity index is 1.91. The highest BCUT2D eigenvalue weighted by atomic mass is 32.1. The molecular weight excluding hydrogens is 336 g/mol. The maximum Gasteiger partial charge on any atom is 0.274 e. The zero-order chi connectivity index (χ0) is 17.4. The summed E-state index contributed by atoms with van der Waals surface area (Å²) in [6, 6.07) is 16.6. The molecule has 0 fully saturated rings. The first-order valence-electron chi connectivity index (χ1n) is 7.53. The van der Waals surface area contributed by atoms with Gasteiger partial charge >= 0.3 is 0 Å². The molecule has 0 aliphatic carbocycles. The number of nitrogens with one attached hydrogen (secondary N) is 1. The first kappa shape index (κ1) is 15.4. The van der Waals surface area contributed by atoms with Crippen LogP contribution in [-0.4, -0.2) is 22.4 Å². The third kappa shape index (κ3) is 2.57. The summed E-state index contributed by atoms with van der Waals surface area (Å²) >= 11 is 1.40. The van der Waals surface area contributed by atoms with E-state index in [9.17, 15) is 9.59 Å². The van der Waals surface area contributed by atoms with Crippen molar-refractivity contribution in [3.63, 3.8) is 0 Å². The smallest absolute Gasteiger partial charge is 0.274 e. The molecule has 0 bridgehead atoms. The normalized spacial score (nSPS) is 10.9. The molecule has 0 radical (unpaired) electrons. The number of aldehydes is 1. The topological polar surface area (TPSA) is 79.3 Å². The molecule has 1 heterocycles. The Morgan fingerprint density at radius 3 is 2.76 bits per heavy atom. The molecule has 6 heteroatoms. The molecule has 4 aromatic rings. The number of carbonyl (C=O) groups excluding carboxylic acids is 2. The lowest BCUT2D eigenvalue weighted by molar-refractivity contribution is 0.0706. The zero-order valence-electron chi connectivity index (χ0n) is 12.9. The van der Waals surface area contributed by atoms with E-state index in [4.69, 9.17) is 5.21 Å². The summed E-state index contributed by atoms with van der Waals surface area (Å²) in [6.45, 7) is 0. The quantitative estimate of drug-likeness (QED) is 0.333. The third-order valence-corrected chi connectivity index (χ3v) is 5.12. The lowest BCUT2D eigenvalue weighted by Gasteiger charge is -2.05. The van der Waals surface area contributed by atoms with Gasteiger partial charge in [0, 0.05) is 16.7 Å². The van der Waals surface area contributed by atoms with E-state index in [2.05, 4.69) is 4.98 Å². The Morgan fingerprint density at radius 2 is 1.96 bits per heavy atom.